The summed E-state index contributed by atoms with van der Waals surface area (Å²) in [6.07, 6.45) is 19.5. The first-order valence-electron chi connectivity index (χ1n) is 14.3. The van der Waals surface area contributed by atoms with Crippen molar-refractivity contribution in [3.8, 4) is 0 Å². The van der Waals surface area contributed by atoms with E-state index in [1.54, 1.807) is 0 Å². The van der Waals surface area contributed by atoms with Crippen LogP contribution < -0.4 is 0 Å². The second-order valence-electron chi connectivity index (χ2n) is 10.5. The van der Waals surface area contributed by atoms with Gasteiger partial charge in [-0.2, -0.15) is 0 Å². The molecular weight excluding hydrogens is 432 g/mol. The molecule has 2 aliphatic carbocycles. The van der Waals surface area contributed by atoms with Gasteiger partial charge in [0.15, 0.2) is 0 Å². The lowest BCUT2D eigenvalue weighted by Crippen LogP contribution is -2.32. The smallest absolute Gasteiger partial charge is 0.309 e. The van der Waals surface area contributed by atoms with Crippen molar-refractivity contribution >= 4 is 11.9 Å². The number of aliphatic hydroxyl groups is 2. The van der Waals surface area contributed by atoms with E-state index >= 15 is 0 Å². The molecule has 198 valence electrons. The van der Waals surface area contributed by atoms with Gasteiger partial charge in [-0.1, -0.05) is 70.6 Å². The zero-order chi connectivity index (χ0) is 24.4. The monoisotopic (exact) mass is 482 g/mol. The van der Waals surface area contributed by atoms with Crippen molar-refractivity contribution in [1.29, 1.82) is 0 Å². The summed E-state index contributed by atoms with van der Waals surface area (Å²) in [5.41, 5.74) is 0. The lowest BCUT2D eigenvalue weighted by molar-refractivity contribution is -0.157. The third kappa shape index (κ3) is 14.3. The second-order valence-corrected chi connectivity index (χ2v) is 10.5. The Morgan fingerprint density at radius 1 is 0.647 bits per heavy atom. The standard InChI is InChI=1S/C28H50O6/c29-21-13-9-5-1-3-7-11-15-25(30)26(34-28(32)24-19-20-24)16-12-8-4-2-6-10-14-22-33-27(31)23-17-18-23/h23-26,29-30H,1-22H2. The Balaban J connectivity index is 1.49. The van der Waals surface area contributed by atoms with Gasteiger partial charge in [-0.25, -0.2) is 0 Å². The molecule has 0 aliphatic heterocycles. The summed E-state index contributed by atoms with van der Waals surface area (Å²) >= 11 is 0. The first kappa shape index (κ1) is 29.1. The lowest BCUT2D eigenvalue weighted by Gasteiger charge is -2.23. The molecular formula is C28H50O6. The van der Waals surface area contributed by atoms with Crippen molar-refractivity contribution in [1.82, 2.24) is 0 Å². The zero-order valence-electron chi connectivity index (χ0n) is 21.4. The van der Waals surface area contributed by atoms with Crippen molar-refractivity contribution in [2.24, 2.45) is 11.8 Å². The lowest BCUT2D eigenvalue weighted by atomic mass is 9.99. The van der Waals surface area contributed by atoms with Crippen LogP contribution in [0.1, 0.15) is 128 Å². The molecule has 2 fully saturated rings. The Morgan fingerprint density at radius 2 is 1.12 bits per heavy atom. The van der Waals surface area contributed by atoms with Crippen LogP contribution in [0.4, 0.5) is 0 Å². The highest BCUT2D eigenvalue weighted by molar-refractivity contribution is 5.75. The summed E-state index contributed by atoms with van der Waals surface area (Å²) in [6, 6.07) is 0. The molecule has 2 atom stereocenters. The van der Waals surface area contributed by atoms with Crippen molar-refractivity contribution in [3.05, 3.63) is 0 Å². The van der Waals surface area contributed by atoms with Gasteiger partial charge in [0.05, 0.1) is 24.5 Å². The number of unbranched alkanes of at least 4 members (excludes halogenated alkanes) is 12. The summed E-state index contributed by atoms with van der Waals surface area (Å²) < 4.78 is 11.0. The van der Waals surface area contributed by atoms with E-state index in [1.165, 1.54) is 19.3 Å². The largest absolute Gasteiger partial charge is 0.465 e. The molecule has 2 aliphatic rings. The molecule has 0 aromatic carbocycles. The number of ether oxygens (including phenoxy) is 2. The molecule has 0 aromatic rings. The highest BCUT2D eigenvalue weighted by atomic mass is 16.6. The van der Waals surface area contributed by atoms with Crippen LogP contribution >= 0.6 is 0 Å². The molecule has 2 rings (SSSR count). The number of carbonyl (C=O) groups excluding carboxylic acids is 2. The molecule has 0 radical (unpaired) electrons. The number of aliphatic hydroxyl groups excluding tert-OH is 2. The fraction of sp³-hybridized carbons (Fsp3) is 0.929. The SMILES string of the molecule is O=C(OCCCCCCCCCC(OC(=O)C1CC1)C(O)CCCCCCCCCO)C1CC1. The maximum absolute atomic E-state index is 12.2. The first-order chi connectivity index (χ1) is 16.6. The number of rotatable bonds is 23. The van der Waals surface area contributed by atoms with Gasteiger partial charge in [0.25, 0.3) is 0 Å². The molecule has 34 heavy (non-hydrogen) atoms. The maximum Gasteiger partial charge on any atom is 0.309 e. The Kier molecular flexibility index (Phi) is 15.6. The van der Waals surface area contributed by atoms with Gasteiger partial charge in [0, 0.05) is 6.61 Å². The summed E-state index contributed by atoms with van der Waals surface area (Å²) in [4.78, 5) is 23.7. The van der Waals surface area contributed by atoms with E-state index in [-0.39, 0.29) is 36.5 Å². The Hall–Kier alpha value is -1.14. The van der Waals surface area contributed by atoms with E-state index in [1.807, 2.05) is 0 Å². The van der Waals surface area contributed by atoms with E-state index in [0.717, 1.165) is 103 Å². The van der Waals surface area contributed by atoms with E-state index < -0.39 is 6.10 Å². The number of esters is 2. The fourth-order valence-corrected chi connectivity index (χ4v) is 4.37. The van der Waals surface area contributed by atoms with Gasteiger partial charge in [-0.15, -0.1) is 0 Å². The minimum Gasteiger partial charge on any atom is -0.465 e. The Morgan fingerprint density at radius 3 is 1.68 bits per heavy atom. The molecule has 6 heteroatoms. The minimum atomic E-state index is -0.560. The average molecular weight is 483 g/mol. The van der Waals surface area contributed by atoms with Gasteiger partial charge in [0.2, 0.25) is 0 Å². The van der Waals surface area contributed by atoms with Crippen LogP contribution in [0.2, 0.25) is 0 Å². The molecule has 2 saturated carbocycles. The third-order valence-electron chi connectivity index (χ3n) is 7.05. The topological polar surface area (TPSA) is 93.1 Å². The number of hydrogen-bond donors (Lipinski definition) is 2. The molecule has 0 amide bonds. The second kappa shape index (κ2) is 18.2. The van der Waals surface area contributed by atoms with Crippen molar-refractivity contribution in [2.75, 3.05) is 13.2 Å². The van der Waals surface area contributed by atoms with E-state index in [9.17, 15) is 14.7 Å². The molecule has 0 saturated heterocycles. The summed E-state index contributed by atoms with van der Waals surface area (Å²) in [6.45, 7) is 0.844. The molecule has 0 bridgehead atoms. The Labute approximate surface area is 207 Å². The number of carbonyl (C=O) groups is 2. The number of hydrogen-bond acceptors (Lipinski definition) is 6. The minimum absolute atomic E-state index is 0.00614. The maximum atomic E-state index is 12.2. The fourth-order valence-electron chi connectivity index (χ4n) is 4.37. The van der Waals surface area contributed by atoms with Gasteiger partial charge in [0.1, 0.15) is 6.10 Å². The van der Waals surface area contributed by atoms with Crippen LogP contribution in [0.15, 0.2) is 0 Å². The molecule has 0 aromatic heterocycles. The van der Waals surface area contributed by atoms with Crippen LogP contribution in [0.5, 0.6) is 0 Å². The Bertz CT molecular complexity index is 543. The average Bonchev–Trinajstić information content (AvgIpc) is 3.72. The molecule has 2 N–H and O–H groups in total. The van der Waals surface area contributed by atoms with E-state index in [0.29, 0.717) is 13.0 Å². The first-order valence-corrected chi connectivity index (χ1v) is 14.3. The van der Waals surface area contributed by atoms with Crippen LogP contribution in [0, 0.1) is 11.8 Å². The molecule has 6 nitrogen and oxygen atoms in total. The van der Waals surface area contributed by atoms with Gasteiger partial charge >= 0.3 is 11.9 Å². The normalized spacial score (nSPS) is 17.4. The molecule has 2 unspecified atom stereocenters. The van der Waals surface area contributed by atoms with Gasteiger partial charge in [-0.3, -0.25) is 9.59 Å². The van der Waals surface area contributed by atoms with Crippen molar-refractivity contribution < 1.29 is 29.3 Å². The zero-order valence-corrected chi connectivity index (χ0v) is 21.4. The van der Waals surface area contributed by atoms with Crippen molar-refractivity contribution in [2.45, 2.75) is 141 Å². The summed E-state index contributed by atoms with van der Waals surface area (Å²) in [5, 5.41) is 19.5. The molecule has 0 heterocycles. The predicted octanol–water partition coefficient (Wildman–Crippen LogP) is 5.86. The van der Waals surface area contributed by atoms with Crippen LogP contribution in [0.3, 0.4) is 0 Å². The van der Waals surface area contributed by atoms with E-state index in [4.69, 9.17) is 14.6 Å². The quantitative estimate of drug-likeness (QED) is 0.140. The highest BCUT2D eigenvalue weighted by Gasteiger charge is 2.34. The van der Waals surface area contributed by atoms with E-state index in [2.05, 4.69) is 0 Å². The highest BCUT2D eigenvalue weighted by Crippen LogP contribution is 2.32. The van der Waals surface area contributed by atoms with Crippen LogP contribution in [-0.2, 0) is 19.1 Å². The van der Waals surface area contributed by atoms with Crippen LogP contribution in [0.25, 0.3) is 0 Å². The summed E-state index contributed by atoms with van der Waals surface area (Å²) in [5.74, 6) is 0.138. The molecule has 0 spiro atoms. The van der Waals surface area contributed by atoms with Gasteiger partial charge in [-0.05, 0) is 57.8 Å². The van der Waals surface area contributed by atoms with Gasteiger partial charge < -0.3 is 19.7 Å². The third-order valence-corrected chi connectivity index (χ3v) is 7.05. The predicted molar refractivity (Wildman–Crippen MR) is 133 cm³/mol. The van der Waals surface area contributed by atoms with Crippen molar-refractivity contribution in [3.63, 3.8) is 0 Å². The van der Waals surface area contributed by atoms with Crippen LogP contribution in [-0.4, -0.2) is 47.6 Å². The summed E-state index contributed by atoms with van der Waals surface area (Å²) in [7, 11) is 0.